The third-order valence-electron chi connectivity index (χ3n) is 9.65. The Labute approximate surface area is 238 Å². The molecule has 1 aromatic carbocycles. The quantitative estimate of drug-likeness (QED) is 0.264. The number of hydrogen-bond acceptors (Lipinski definition) is 8. The molecule has 0 saturated heterocycles. The van der Waals surface area contributed by atoms with Gasteiger partial charge in [0.05, 0.1) is 32.4 Å². The van der Waals surface area contributed by atoms with Crippen molar-refractivity contribution >= 4 is 22.1 Å². The smallest absolute Gasteiger partial charge is 0.419 e. The van der Waals surface area contributed by atoms with Gasteiger partial charge < -0.3 is 18.8 Å². The molecule has 4 bridgehead atoms. The van der Waals surface area contributed by atoms with Gasteiger partial charge in [0.1, 0.15) is 23.6 Å². The largest absolute Gasteiger partial charge is 0.748 e. The van der Waals surface area contributed by atoms with Gasteiger partial charge in [0.2, 0.25) is 0 Å². The molecule has 2 unspecified atom stereocenters. The predicted octanol–water partition coefficient (Wildman–Crippen LogP) is 5.64. The van der Waals surface area contributed by atoms with Crippen LogP contribution in [0, 0.1) is 23.2 Å². The Hall–Kier alpha value is -2.34. The first-order chi connectivity index (χ1) is 19.0. The second-order valence-corrected chi connectivity index (χ2v) is 14.5. The van der Waals surface area contributed by atoms with Crippen LogP contribution in [0.4, 0.5) is 13.2 Å². The number of halogens is 3. The maximum Gasteiger partial charge on any atom is 0.419 e. The fraction of sp³-hybridized carbons (Fsp3) is 0.724. The molecule has 228 valence electrons. The van der Waals surface area contributed by atoms with Crippen LogP contribution in [0.5, 0.6) is 5.75 Å². The molecule has 1 aromatic rings. The van der Waals surface area contributed by atoms with Crippen LogP contribution in [0.15, 0.2) is 18.2 Å². The van der Waals surface area contributed by atoms with Crippen LogP contribution in [0.3, 0.4) is 0 Å². The van der Waals surface area contributed by atoms with E-state index in [4.69, 9.17) is 14.2 Å². The highest BCUT2D eigenvalue weighted by Gasteiger charge is 2.63. The summed E-state index contributed by atoms with van der Waals surface area (Å²) in [5, 5.41) is 0. The second kappa shape index (κ2) is 10.4. The minimum absolute atomic E-state index is 0.0292. The number of carbonyl (C=O) groups excluding carboxylic acids is 2. The van der Waals surface area contributed by atoms with Gasteiger partial charge in [0.25, 0.3) is 0 Å². The molecule has 6 rings (SSSR count). The zero-order valence-corrected chi connectivity index (χ0v) is 24.1. The normalized spacial score (nSPS) is 30.4. The summed E-state index contributed by atoms with van der Waals surface area (Å²) >= 11 is 0. The number of esters is 2. The molecular weight excluding hydrogens is 565 g/mol. The van der Waals surface area contributed by atoms with Crippen molar-refractivity contribution in [1.82, 2.24) is 0 Å². The van der Waals surface area contributed by atoms with Gasteiger partial charge in [-0.25, -0.2) is 13.2 Å². The number of benzene rings is 1. The van der Waals surface area contributed by atoms with Crippen molar-refractivity contribution in [3.63, 3.8) is 0 Å². The van der Waals surface area contributed by atoms with E-state index in [1.165, 1.54) is 0 Å². The highest BCUT2D eigenvalue weighted by Crippen LogP contribution is 2.63. The zero-order chi connectivity index (χ0) is 29.8. The lowest BCUT2D eigenvalue weighted by atomic mass is 9.48. The zero-order valence-electron chi connectivity index (χ0n) is 23.3. The molecule has 8 nitrogen and oxygen atoms in total. The molecular formula is C29H36F3O8S-. The van der Waals surface area contributed by atoms with E-state index in [2.05, 4.69) is 0 Å². The van der Waals surface area contributed by atoms with E-state index in [1.807, 2.05) is 13.8 Å². The molecule has 5 fully saturated rings. The molecule has 0 spiro atoms. The second-order valence-electron chi connectivity index (χ2n) is 12.9. The Balaban J connectivity index is 1.38. The van der Waals surface area contributed by atoms with E-state index < -0.39 is 62.8 Å². The highest BCUT2D eigenvalue weighted by atomic mass is 32.2. The molecule has 0 heterocycles. The average molecular weight is 602 g/mol. The minimum Gasteiger partial charge on any atom is -0.748 e. The number of alkyl halides is 3. The van der Waals surface area contributed by atoms with Crippen LogP contribution < -0.4 is 4.74 Å². The van der Waals surface area contributed by atoms with E-state index in [1.54, 1.807) is 0 Å². The summed E-state index contributed by atoms with van der Waals surface area (Å²) in [5.74, 6) is -2.45. The molecule has 5 aliphatic carbocycles. The topological polar surface area (TPSA) is 119 Å². The summed E-state index contributed by atoms with van der Waals surface area (Å²) in [7, 11) is -4.54. The maximum atomic E-state index is 13.9. The fourth-order valence-electron chi connectivity index (χ4n) is 8.14. The minimum atomic E-state index is -4.67. The summed E-state index contributed by atoms with van der Waals surface area (Å²) in [5.41, 5.74) is -3.70. The number of ether oxygens (including phenoxy) is 3. The first kappa shape index (κ1) is 30.1. The van der Waals surface area contributed by atoms with Crippen molar-refractivity contribution in [2.24, 2.45) is 23.2 Å². The van der Waals surface area contributed by atoms with Crippen molar-refractivity contribution in [2.45, 2.75) is 95.4 Å². The number of carbonyl (C=O) groups is 2. The van der Waals surface area contributed by atoms with Gasteiger partial charge in [-0.15, -0.1) is 0 Å². The van der Waals surface area contributed by atoms with Gasteiger partial charge in [-0.2, -0.15) is 13.2 Å². The number of rotatable bonds is 9. The van der Waals surface area contributed by atoms with Crippen molar-refractivity contribution in [3.05, 3.63) is 29.3 Å². The van der Waals surface area contributed by atoms with E-state index in [9.17, 15) is 35.7 Å². The Morgan fingerprint density at radius 2 is 1.71 bits per heavy atom. The molecule has 0 amide bonds. The Morgan fingerprint density at radius 3 is 2.27 bits per heavy atom. The van der Waals surface area contributed by atoms with Gasteiger partial charge in [-0.1, -0.05) is 13.8 Å². The van der Waals surface area contributed by atoms with Crippen LogP contribution in [0.1, 0.15) is 94.0 Å². The Morgan fingerprint density at radius 1 is 1.07 bits per heavy atom. The van der Waals surface area contributed by atoms with Gasteiger partial charge in [-0.05, 0) is 93.7 Å². The lowest BCUT2D eigenvalue weighted by Crippen LogP contribution is -2.60. The van der Waals surface area contributed by atoms with Crippen molar-refractivity contribution in [1.29, 1.82) is 0 Å². The standard InChI is InChI=1S/C29H37F3O8S/c1-18(2)28(7-3-4-8-28)39-23-12-21(5-6-22(23)29(30,31)32)24(33)40-27-15-19-11-20(16-27)14-26(13-19,17-27)25(34)38-9-10-41(35,36)37/h5-6,12,18-20H,3-4,7-11,13-17H2,1-2H3,(H,35,36,37)/p-1. The maximum absolute atomic E-state index is 13.9. The molecule has 2 atom stereocenters. The molecule has 0 aliphatic heterocycles. The Kier molecular flexibility index (Phi) is 7.66. The predicted molar refractivity (Wildman–Crippen MR) is 139 cm³/mol. The molecule has 12 heteroatoms. The monoisotopic (exact) mass is 601 g/mol. The van der Waals surface area contributed by atoms with Gasteiger partial charge >= 0.3 is 18.1 Å². The Bertz CT molecular complexity index is 1290. The van der Waals surface area contributed by atoms with Crippen LogP contribution in [0.25, 0.3) is 0 Å². The first-order valence-electron chi connectivity index (χ1n) is 14.3. The SMILES string of the molecule is CC(C)C1(Oc2cc(C(=O)OC34CC5CC(C3)CC(C(=O)OCCS(=O)(=O)[O-])(C5)C4)ccc2C(F)(F)F)CCCC1. The van der Waals surface area contributed by atoms with Gasteiger partial charge in [0, 0.05) is 6.42 Å². The van der Waals surface area contributed by atoms with Gasteiger partial charge in [0.15, 0.2) is 0 Å². The lowest BCUT2D eigenvalue weighted by molar-refractivity contribution is -0.196. The summed E-state index contributed by atoms with van der Waals surface area (Å²) in [6.07, 6.45) is 1.41. The molecule has 5 saturated carbocycles. The highest BCUT2D eigenvalue weighted by molar-refractivity contribution is 7.85. The van der Waals surface area contributed by atoms with Crippen molar-refractivity contribution in [2.75, 3.05) is 12.4 Å². The van der Waals surface area contributed by atoms with E-state index in [0.29, 0.717) is 38.5 Å². The lowest BCUT2D eigenvalue weighted by Gasteiger charge is -2.59. The third kappa shape index (κ3) is 6.09. The average Bonchev–Trinajstić information content (AvgIpc) is 3.31. The first-order valence-corrected chi connectivity index (χ1v) is 15.9. The third-order valence-corrected chi connectivity index (χ3v) is 10.3. The van der Waals surface area contributed by atoms with Crippen LogP contribution in [-0.4, -0.2) is 48.5 Å². The molecule has 0 N–H and O–H groups in total. The van der Waals surface area contributed by atoms with E-state index in [-0.39, 0.29) is 35.5 Å². The number of hydrogen-bond donors (Lipinski definition) is 0. The summed E-state index contributed by atoms with van der Waals surface area (Å²) in [4.78, 5) is 26.6. The molecule has 41 heavy (non-hydrogen) atoms. The van der Waals surface area contributed by atoms with Crippen molar-refractivity contribution in [3.8, 4) is 5.75 Å². The van der Waals surface area contributed by atoms with Crippen molar-refractivity contribution < 1.29 is 49.9 Å². The molecule has 5 aliphatic rings. The van der Waals surface area contributed by atoms with E-state index in [0.717, 1.165) is 37.5 Å². The van der Waals surface area contributed by atoms with Crippen LogP contribution in [-0.2, 0) is 30.6 Å². The molecule has 0 aromatic heterocycles. The van der Waals surface area contributed by atoms with Gasteiger partial charge in [-0.3, -0.25) is 4.79 Å². The molecule has 0 radical (unpaired) electrons. The summed E-state index contributed by atoms with van der Waals surface area (Å²) < 4.78 is 92.1. The van der Waals surface area contributed by atoms with Crippen LogP contribution >= 0.6 is 0 Å². The van der Waals surface area contributed by atoms with Crippen LogP contribution in [0.2, 0.25) is 0 Å². The summed E-state index contributed by atoms with van der Waals surface area (Å²) in [6.45, 7) is 3.30. The van der Waals surface area contributed by atoms with E-state index >= 15 is 0 Å². The fourth-order valence-corrected chi connectivity index (χ4v) is 8.43. The summed E-state index contributed by atoms with van der Waals surface area (Å²) in [6, 6.07) is 3.08.